The van der Waals surface area contributed by atoms with Crippen LogP contribution < -0.4 is 4.74 Å². The van der Waals surface area contributed by atoms with Gasteiger partial charge in [0.2, 0.25) is 5.88 Å². The number of Topliss-reactive ketones (excluding diaryl/α,β-unsaturated/α-hetero) is 1. The molecule has 0 aliphatic heterocycles. The van der Waals surface area contributed by atoms with Crippen molar-refractivity contribution in [2.24, 2.45) is 7.05 Å². The van der Waals surface area contributed by atoms with Gasteiger partial charge in [0, 0.05) is 25.6 Å². The second kappa shape index (κ2) is 5.17. The zero-order chi connectivity index (χ0) is 14.0. The zero-order valence-corrected chi connectivity index (χ0v) is 10.5. The van der Waals surface area contributed by atoms with Gasteiger partial charge in [-0.2, -0.15) is 5.10 Å². The fourth-order valence-electron chi connectivity index (χ4n) is 1.71. The first-order valence-electron chi connectivity index (χ1n) is 5.56. The third-order valence-electron chi connectivity index (χ3n) is 2.70. The average molecular weight is 266 g/mol. The van der Waals surface area contributed by atoms with Crippen LogP contribution >= 0.6 is 0 Å². The first-order valence-corrected chi connectivity index (χ1v) is 5.56. The molecule has 100 valence electrons. The molecule has 0 saturated heterocycles. The van der Waals surface area contributed by atoms with E-state index in [1.165, 1.54) is 23.9 Å². The maximum absolute atomic E-state index is 13.4. The van der Waals surface area contributed by atoms with Crippen molar-refractivity contribution >= 4 is 5.78 Å². The Morgan fingerprint density at radius 1 is 1.37 bits per heavy atom. The van der Waals surface area contributed by atoms with E-state index >= 15 is 0 Å². The van der Waals surface area contributed by atoms with Crippen LogP contribution in [-0.2, 0) is 13.5 Å². The minimum atomic E-state index is -0.740. The maximum Gasteiger partial charge on any atom is 0.211 e. The quantitative estimate of drug-likeness (QED) is 0.796. The summed E-state index contributed by atoms with van der Waals surface area (Å²) in [6.45, 7) is 0. The molecular formula is C13H12F2N2O2. The van der Waals surface area contributed by atoms with E-state index in [1.54, 1.807) is 7.05 Å². The predicted molar refractivity (Wildman–Crippen MR) is 64.2 cm³/mol. The van der Waals surface area contributed by atoms with Crippen molar-refractivity contribution in [2.75, 3.05) is 7.11 Å². The van der Waals surface area contributed by atoms with Crippen LogP contribution in [0.2, 0.25) is 0 Å². The molecule has 2 aromatic rings. The lowest BCUT2D eigenvalue weighted by Crippen LogP contribution is -2.07. The van der Waals surface area contributed by atoms with Crippen molar-refractivity contribution in [2.45, 2.75) is 6.42 Å². The number of carbonyl (C=O) groups excluding carboxylic acids is 1. The van der Waals surface area contributed by atoms with Crippen molar-refractivity contribution in [3.05, 3.63) is 47.2 Å². The fraction of sp³-hybridized carbons (Fsp3) is 0.231. The van der Waals surface area contributed by atoms with Gasteiger partial charge in [-0.05, 0) is 11.6 Å². The van der Waals surface area contributed by atoms with Gasteiger partial charge >= 0.3 is 0 Å². The lowest BCUT2D eigenvalue weighted by atomic mass is 10.1. The normalized spacial score (nSPS) is 10.5. The summed E-state index contributed by atoms with van der Waals surface area (Å²) in [7, 11) is 3.10. The monoisotopic (exact) mass is 266 g/mol. The van der Waals surface area contributed by atoms with Crippen LogP contribution in [0.25, 0.3) is 0 Å². The van der Waals surface area contributed by atoms with Crippen molar-refractivity contribution in [3.63, 3.8) is 0 Å². The molecule has 0 radical (unpaired) electrons. The van der Waals surface area contributed by atoms with E-state index < -0.39 is 11.6 Å². The molecule has 1 aromatic carbocycles. The highest BCUT2D eigenvalue weighted by Crippen LogP contribution is 2.15. The Labute approximate surface area is 108 Å². The van der Waals surface area contributed by atoms with Crippen LogP contribution in [0.3, 0.4) is 0 Å². The van der Waals surface area contributed by atoms with Gasteiger partial charge in [0.05, 0.1) is 7.11 Å². The molecule has 0 saturated carbocycles. The second-order valence-electron chi connectivity index (χ2n) is 4.03. The van der Waals surface area contributed by atoms with Crippen LogP contribution in [0.1, 0.15) is 16.1 Å². The fourth-order valence-corrected chi connectivity index (χ4v) is 1.71. The third kappa shape index (κ3) is 2.78. The van der Waals surface area contributed by atoms with Crippen molar-refractivity contribution in [1.29, 1.82) is 0 Å². The van der Waals surface area contributed by atoms with Crippen molar-refractivity contribution in [1.82, 2.24) is 9.78 Å². The molecule has 0 bridgehead atoms. The SMILES string of the molecule is COc1cc(C(=O)Cc2ccc(F)cc2F)nn1C. The molecule has 1 aromatic heterocycles. The van der Waals surface area contributed by atoms with Gasteiger partial charge in [-0.15, -0.1) is 0 Å². The number of hydrogen-bond donors (Lipinski definition) is 0. The number of benzene rings is 1. The van der Waals surface area contributed by atoms with Gasteiger partial charge in [0.1, 0.15) is 17.3 Å². The number of aryl methyl sites for hydroxylation is 1. The average Bonchev–Trinajstić information content (AvgIpc) is 2.74. The number of carbonyl (C=O) groups is 1. The lowest BCUT2D eigenvalue weighted by molar-refractivity contribution is 0.0986. The van der Waals surface area contributed by atoms with E-state index in [0.29, 0.717) is 5.88 Å². The van der Waals surface area contributed by atoms with Crippen LogP contribution in [0.15, 0.2) is 24.3 Å². The van der Waals surface area contributed by atoms with Crippen LogP contribution in [-0.4, -0.2) is 22.7 Å². The summed E-state index contributed by atoms with van der Waals surface area (Å²) >= 11 is 0. The number of rotatable bonds is 4. The number of ether oxygens (including phenoxy) is 1. The molecule has 0 N–H and O–H groups in total. The van der Waals surface area contributed by atoms with E-state index in [-0.39, 0.29) is 23.5 Å². The van der Waals surface area contributed by atoms with Crippen LogP contribution in [0.5, 0.6) is 5.88 Å². The molecule has 0 fully saturated rings. The Balaban J connectivity index is 2.20. The molecule has 19 heavy (non-hydrogen) atoms. The third-order valence-corrected chi connectivity index (χ3v) is 2.70. The van der Waals surface area contributed by atoms with Gasteiger partial charge in [0.15, 0.2) is 5.78 Å². The Hall–Kier alpha value is -2.24. The summed E-state index contributed by atoms with van der Waals surface area (Å²) in [6, 6.07) is 4.60. The molecule has 0 aliphatic carbocycles. The Kier molecular flexibility index (Phi) is 3.59. The minimum absolute atomic E-state index is 0.135. The zero-order valence-electron chi connectivity index (χ0n) is 10.5. The highest BCUT2D eigenvalue weighted by atomic mass is 19.1. The van der Waals surface area contributed by atoms with E-state index in [4.69, 9.17) is 4.74 Å². The smallest absolute Gasteiger partial charge is 0.211 e. The van der Waals surface area contributed by atoms with E-state index in [0.717, 1.165) is 12.1 Å². The highest BCUT2D eigenvalue weighted by molar-refractivity contribution is 5.96. The van der Waals surface area contributed by atoms with Gasteiger partial charge in [-0.25, -0.2) is 13.5 Å². The standard InChI is InChI=1S/C13H12F2N2O2/c1-17-13(19-2)7-11(16-17)12(18)5-8-3-4-9(14)6-10(8)15/h3-4,6-7H,5H2,1-2H3. The topological polar surface area (TPSA) is 44.1 Å². The summed E-state index contributed by atoms with van der Waals surface area (Å²) in [5.74, 6) is -1.34. The van der Waals surface area contributed by atoms with Gasteiger partial charge in [-0.3, -0.25) is 4.79 Å². The molecule has 4 nitrogen and oxygen atoms in total. The Morgan fingerprint density at radius 3 is 2.68 bits per heavy atom. The number of ketones is 1. The van der Waals surface area contributed by atoms with Crippen LogP contribution in [0.4, 0.5) is 8.78 Å². The minimum Gasteiger partial charge on any atom is -0.481 e. The van der Waals surface area contributed by atoms with Gasteiger partial charge in [-0.1, -0.05) is 6.07 Å². The first kappa shape index (κ1) is 13.2. The molecule has 0 atom stereocenters. The van der Waals surface area contributed by atoms with E-state index in [2.05, 4.69) is 5.10 Å². The van der Waals surface area contributed by atoms with Crippen LogP contribution in [0, 0.1) is 11.6 Å². The molecule has 0 unspecified atom stereocenters. The number of methoxy groups -OCH3 is 1. The van der Waals surface area contributed by atoms with E-state index in [1.807, 2.05) is 0 Å². The number of aromatic nitrogens is 2. The first-order chi connectivity index (χ1) is 9.01. The predicted octanol–water partition coefficient (Wildman–Crippen LogP) is 2.13. The largest absolute Gasteiger partial charge is 0.481 e. The lowest BCUT2D eigenvalue weighted by Gasteiger charge is -2.00. The summed E-state index contributed by atoms with van der Waals surface area (Å²) in [4.78, 5) is 11.9. The summed E-state index contributed by atoms with van der Waals surface area (Å²) in [5.41, 5.74) is 0.319. The second-order valence-corrected chi connectivity index (χ2v) is 4.03. The van der Waals surface area contributed by atoms with Gasteiger partial charge < -0.3 is 4.74 Å². The number of nitrogens with zero attached hydrogens (tertiary/aromatic N) is 2. The summed E-state index contributed by atoms with van der Waals surface area (Å²) in [6.07, 6.45) is -0.174. The number of hydrogen-bond acceptors (Lipinski definition) is 3. The summed E-state index contributed by atoms with van der Waals surface area (Å²) in [5, 5.41) is 3.97. The van der Waals surface area contributed by atoms with Crippen molar-refractivity contribution < 1.29 is 18.3 Å². The highest BCUT2D eigenvalue weighted by Gasteiger charge is 2.15. The maximum atomic E-state index is 13.4. The van der Waals surface area contributed by atoms with Gasteiger partial charge in [0.25, 0.3) is 0 Å². The molecule has 2 rings (SSSR count). The van der Waals surface area contributed by atoms with E-state index in [9.17, 15) is 13.6 Å². The molecular weight excluding hydrogens is 254 g/mol. The van der Waals surface area contributed by atoms with Crippen molar-refractivity contribution in [3.8, 4) is 5.88 Å². The Morgan fingerprint density at radius 2 is 2.11 bits per heavy atom. The molecule has 1 heterocycles. The number of halogens is 2. The summed E-state index contributed by atoms with van der Waals surface area (Å²) < 4.78 is 32.6. The Bertz CT molecular complexity index is 623. The molecule has 0 aliphatic rings. The molecule has 0 amide bonds. The molecule has 0 spiro atoms. The molecule has 6 heteroatoms.